The Morgan fingerprint density at radius 2 is 1.17 bits per heavy atom. The normalized spacial score (nSPS) is 9.83. The third kappa shape index (κ3) is 66.3. The van der Waals surface area contributed by atoms with Gasteiger partial charge in [0.2, 0.25) is 0 Å². The van der Waals surface area contributed by atoms with Crippen molar-refractivity contribution in [3.05, 3.63) is 0 Å². The molecule has 0 spiro atoms. The summed E-state index contributed by atoms with van der Waals surface area (Å²) >= 11 is -5.12. The van der Waals surface area contributed by atoms with Crippen molar-refractivity contribution in [3.8, 4) is 0 Å². The van der Waals surface area contributed by atoms with E-state index in [9.17, 15) is 0 Å². The van der Waals surface area contributed by atoms with Crippen LogP contribution >= 0.6 is 0 Å². The molecule has 0 aromatic carbocycles. The molecule has 0 heterocycles. The topological polar surface area (TPSA) is 77.8 Å². The Morgan fingerprint density at radius 1 is 1.17 bits per heavy atom. The summed E-state index contributed by atoms with van der Waals surface area (Å²) in [6.45, 7) is 0. The Balaban J connectivity index is 0. The van der Waals surface area contributed by atoms with E-state index in [0.29, 0.717) is 0 Å². The first-order valence-corrected chi connectivity index (χ1v) is 4.07. The van der Waals surface area contributed by atoms with Gasteiger partial charge in [-0.25, -0.2) is 0 Å². The van der Waals surface area contributed by atoms with Gasteiger partial charge in [0.05, 0.1) is 0 Å². The SMILES string of the molecule is O=[As](O)(O)O.[PbH2]. The molecule has 0 amide bonds. The summed E-state index contributed by atoms with van der Waals surface area (Å²) in [5.74, 6) is 0. The van der Waals surface area contributed by atoms with Crippen LogP contribution in [-0.4, -0.2) is 54.1 Å². The monoisotopic (exact) mass is 352 g/mol. The van der Waals surface area contributed by atoms with Crippen LogP contribution in [0.4, 0.5) is 0 Å². The van der Waals surface area contributed by atoms with Crippen LogP contribution in [0.3, 0.4) is 0 Å². The van der Waals surface area contributed by atoms with Crippen molar-refractivity contribution in [2.75, 3.05) is 0 Å². The molecule has 38 valence electrons. The van der Waals surface area contributed by atoms with Gasteiger partial charge in [0.1, 0.15) is 0 Å². The van der Waals surface area contributed by atoms with Gasteiger partial charge in [0.15, 0.2) is 0 Å². The average molecular weight is 351 g/mol. The van der Waals surface area contributed by atoms with E-state index in [4.69, 9.17) is 16.0 Å². The number of hydrogen-bond donors (Lipinski definition) is 3. The van der Waals surface area contributed by atoms with Crippen LogP contribution < -0.4 is 0 Å². The third-order valence-electron chi connectivity index (χ3n) is 0. The molecule has 0 aromatic heterocycles. The molecule has 6 heavy (non-hydrogen) atoms. The first-order chi connectivity index (χ1) is 2.00. The molecule has 0 atom stereocenters. The molecule has 0 saturated heterocycles. The van der Waals surface area contributed by atoms with Crippen LogP contribution in [0.25, 0.3) is 0 Å². The van der Waals surface area contributed by atoms with Crippen molar-refractivity contribution in [2.24, 2.45) is 0 Å². The third-order valence-corrected chi connectivity index (χ3v) is 0. The first-order valence-electron chi connectivity index (χ1n) is 0.783. The van der Waals surface area contributed by atoms with E-state index in [-0.39, 0.29) is 27.3 Å². The van der Waals surface area contributed by atoms with Crippen molar-refractivity contribution in [1.29, 1.82) is 0 Å². The Bertz CT molecular complexity index is 53.7. The van der Waals surface area contributed by atoms with E-state index in [2.05, 4.69) is 0 Å². The minimum atomic E-state index is -5.12. The van der Waals surface area contributed by atoms with E-state index in [1.165, 1.54) is 0 Å². The summed E-state index contributed by atoms with van der Waals surface area (Å²) in [6.07, 6.45) is 0. The first kappa shape index (κ1) is 10.2. The van der Waals surface area contributed by atoms with Crippen LogP contribution in [0.15, 0.2) is 0 Å². The van der Waals surface area contributed by atoms with Gasteiger partial charge in [-0.15, -0.1) is 0 Å². The van der Waals surface area contributed by atoms with Gasteiger partial charge in [0.25, 0.3) is 0 Å². The van der Waals surface area contributed by atoms with Gasteiger partial charge in [-0.05, 0) is 0 Å². The Kier molecular flexibility index (Phi) is 5.44. The zero-order valence-corrected chi connectivity index (χ0v) is 10.3. The van der Waals surface area contributed by atoms with Gasteiger partial charge in [0, 0.05) is 0 Å². The molecule has 0 aliphatic heterocycles. The molecule has 0 rings (SSSR count). The predicted octanol–water partition coefficient (Wildman–Crippen LogP) is -3.09. The second-order valence-corrected chi connectivity index (χ2v) is 2.67. The Morgan fingerprint density at radius 3 is 1.17 bits per heavy atom. The molecule has 3 N–H and O–H groups in total. The molecular formula is H5AsO4Pb. The van der Waals surface area contributed by atoms with E-state index >= 15 is 0 Å². The average Bonchev–Trinajstić information content (AvgIpc) is 0.722. The molecule has 0 aliphatic rings. The van der Waals surface area contributed by atoms with Gasteiger partial charge in [-0.2, -0.15) is 0 Å². The molecule has 2 radical (unpaired) electrons. The van der Waals surface area contributed by atoms with Crippen molar-refractivity contribution in [2.45, 2.75) is 0 Å². The Hall–Kier alpha value is 1.16. The maximum atomic E-state index is 8.94. The van der Waals surface area contributed by atoms with E-state index in [0.717, 1.165) is 0 Å². The molecular weight excluding hydrogens is 346 g/mol. The van der Waals surface area contributed by atoms with Gasteiger partial charge >= 0.3 is 57.8 Å². The second-order valence-electron chi connectivity index (χ2n) is 0.513. The summed E-state index contributed by atoms with van der Waals surface area (Å²) in [7, 11) is 0. The van der Waals surface area contributed by atoms with Gasteiger partial charge in [-0.3, -0.25) is 0 Å². The molecule has 0 fully saturated rings. The molecule has 6 heteroatoms. The molecule has 0 aliphatic carbocycles. The van der Waals surface area contributed by atoms with E-state index in [1.807, 2.05) is 0 Å². The van der Waals surface area contributed by atoms with Crippen LogP contribution in [-0.2, 0) is 3.74 Å². The fraction of sp³-hybridized carbons (Fsp3) is 0. The van der Waals surface area contributed by atoms with Crippen LogP contribution in [0.1, 0.15) is 0 Å². The summed E-state index contributed by atoms with van der Waals surface area (Å²) in [6, 6.07) is 0. The molecule has 0 saturated carbocycles. The van der Waals surface area contributed by atoms with Crippen molar-refractivity contribution < 1.29 is 16.0 Å². The number of rotatable bonds is 0. The molecule has 0 unspecified atom stereocenters. The summed E-state index contributed by atoms with van der Waals surface area (Å²) < 4.78 is 30.7. The fourth-order valence-electron chi connectivity index (χ4n) is 0. The van der Waals surface area contributed by atoms with Crippen LogP contribution in [0.5, 0.6) is 0 Å². The molecule has 0 aromatic rings. The summed E-state index contributed by atoms with van der Waals surface area (Å²) in [5.41, 5.74) is 0. The summed E-state index contributed by atoms with van der Waals surface area (Å²) in [5, 5.41) is 0. The molecule has 4 nitrogen and oxygen atoms in total. The van der Waals surface area contributed by atoms with Gasteiger partial charge < -0.3 is 0 Å². The predicted molar refractivity (Wildman–Crippen MR) is 21.6 cm³/mol. The zero-order chi connectivity index (χ0) is 4.50. The number of hydrogen-bond acceptors (Lipinski definition) is 1. The Labute approximate surface area is 57.7 Å². The standard InChI is InChI=1S/AsH3O4.Pb.2H/c2-1(3,4)5;;;/h(H3,2,3,4,5);;;. The van der Waals surface area contributed by atoms with Gasteiger partial charge in [-0.1, -0.05) is 0 Å². The van der Waals surface area contributed by atoms with Crippen molar-refractivity contribution >= 4 is 41.8 Å². The quantitative estimate of drug-likeness (QED) is 0.405. The van der Waals surface area contributed by atoms with Crippen molar-refractivity contribution in [3.63, 3.8) is 0 Å². The second kappa shape index (κ2) is 3.20. The van der Waals surface area contributed by atoms with E-state index in [1.54, 1.807) is 0 Å². The van der Waals surface area contributed by atoms with E-state index < -0.39 is 14.5 Å². The van der Waals surface area contributed by atoms with Crippen molar-refractivity contribution in [1.82, 2.24) is 0 Å². The van der Waals surface area contributed by atoms with Crippen LogP contribution in [0.2, 0.25) is 0 Å². The summed E-state index contributed by atoms with van der Waals surface area (Å²) in [4.78, 5) is 0. The fourth-order valence-corrected chi connectivity index (χ4v) is 0. The molecule has 0 bridgehead atoms. The van der Waals surface area contributed by atoms with Crippen LogP contribution in [0, 0.1) is 0 Å². The zero-order valence-electron chi connectivity index (χ0n) is 2.90. The minimum absolute atomic E-state index is 0. The maximum absolute atomic E-state index is 8.94.